The smallest absolute Gasteiger partial charge is 0.236 e. The summed E-state index contributed by atoms with van der Waals surface area (Å²) in [5, 5.41) is 9.95. The van der Waals surface area contributed by atoms with Gasteiger partial charge in [-0.05, 0) is 0 Å². The second-order valence-electron chi connectivity index (χ2n) is 2.34. The van der Waals surface area contributed by atoms with Gasteiger partial charge in [-0.3, -0.25) is 10.1 Å². The van der Waals surface area contributed by atoms with E-state index in [4.69, 9.17) is 4.74 Å². The van der Waals surface area contributed by atoms with Crippen LogP contribution in [0, 0.1) is 15.9 Å². The van der Waals surface area contributed by atoms with Crippen molar-refractivity contribution in [3.8, 4) is 5.75 Å². The third-order valence-corrected chi connectivity index (χ3v) is 1.43. The second kappa shape index (κ2) is 4.31. The van der Waals surface area contributed by atoms with Crippen molar-refractivity contribution in [2.75, 3.05) is 7.11 Å². The van der Waals surface area contributed by atoms with Crippen molar-refractivity contribution in [2.24, 2.45) is 0 Å². The second-order valence-corrected chi connectivity index (χ2v) is 2.34. The molecule has 0 radical (unpaired) electrons. The summed E-state index contributed by atoms with van der Waals surface area (Å²) in [7, 11) is 1.38. The molecule has 0 amide bonds. The number of methoxy groups -OCH3 is 1. The molecule has 0 saturated carbocycles. The molecule has 5 nitrogen and oxygen atoms in total. The summed E-state index contributed by atoms with van der Waals surface area (Å²) in [6.07, 6.45) is 2.88. The Kier molecular flexibility index (Phi) is 3.11. The van der Waals surface area contributed by atoms with Gasteiger partial charge in [0.05, 0.1) is 18.2 Å². The van der Waals surface area contributed by atoms with E-state index in [9.17, 15) is 14.5 Å². The van der Waals surface area contributed by atoms with Gasteiger partial charge in [0.25, 0.3) is 0 Å². The van der Waals surface area contributed by atoms with Gasteiger partial charge in [-0.2, -0.15) is 0 Å². The van der Waals surface area contributed by atoms with Gasteiger partial charge in [0.2, 0.25) is 6.20 Å². The van der Waals surface area contributed by atoms with E-state index in [1.165, 1.54) is 13.3 Å². The molecule has 0 saturated heterocycles. The molecule has 0 aliphatic rings. The van der Waals surface area contributed by atoms with E-state index in [0.29, 0.717) is 6.20 Å². The molecule has 74 valence electrons. The van der Waals surface area contributed by atoms with E-state index in [-0.39, 0.29) is 11.4 Å². The average Bonchev–Trinajstić information content (AvgIpc) is 2.15. The number of hydrogen-bond acceptors (Lipinski definition) is 4. The van der Waals surface area contributed by atoms with Gasteiger partial charge in [0, 0.05) is 12.1 Å². The van der Waals surface area contributed by atoms with Crippen molar-refractivity contribution < 1.29 is 14.1 Å². The molecule has 0 aromatic carbocycles. The quantitative estimate of drug-likeness (QED) is 0.545. The van der Waals surface area contributed by atoms with Crippen LogP contribution in [0.4, 0.5) is 4.39 Å². The van der Waals surface area contributed by atoms with Gasteiger partial charge in [0.1, 0.15) is 11.4 Å². The van der Waals surface area contributed by atoms with E-state index >= 15 is 0 Å². The molecule has 1 rings (SSSR count). The number of halogens is 1. The zero-order chi connectivity index (χ0) is 10.6. The Morgan fingerprint density at radius 2 is 2.43 bits per heavy atom. The lowest BCUT2D eigenvalue weighted by Gasteiger charge is -1.99. The molecule has 0 aliphatic heterocycles. The third-order valence-electron chi connectivity index (χ3n) is 1.43. The summed E-state index contributed by atoms with van der Waals surface area (Å²) in [4.78, 5) is 12.9. The fourth-order valence-electron chi connectivity index (χ4n) is 0.797. The van der Waals surface area contributed by atoms with Gasteiger partial charge >= 0.3 is 0 Å². The lowest BCUT2D eigenvalue weighted by Crippen LogP contribution is -1.92. The normalized spacial score (nSPS) is 10.4. The molecular formula is C8H7FN2O3. The Bertz CT molecular complexity index is 379. The minimum absolute atomic E-state index is 0.0949. The van der Waals surface area contributed by atoms with Gasteiger partial charge in [0.15, 0.2) is 5.82 Å². The molecule has 1 heterocycles. The fraction of sp³-hybridized carbons (Fsp3) is 0.125. The van der Waals surface area contributed by atoms with Crippen LogP contribution in [0.5, 0.6) is 5.75 Å². The number of hydrogen-bond donors (Lipinski definition) is 0. The summed E-state index contributed by atoms with van der Waals surface area (Å²) in [6, 6.07) is 1.10. The minimum Gasteiger partial charge on any atom is -0.495 e. The minimum atomic E-state index is -0.689. The number of ether oxygens (including phenoxy) is 1. The maximum absolute atomic E-state index is 13.1. The van der Waals surface area contributed by atoms with Crippen LogP contribution in [0.3, 0.4) is 0 Å². The van der Waals surface area contributed by atoms with Crippen LogP contribution < -0.4 is 4.74 Å². The van der Waals surface area contributed by atoms with Crippen molar-refractivity contribution in [1.82, 2.24) is 4.98 Å². The zero-order valence-corrected chi connectivity index (χ0v) is 7.31. The lowest BCUT2D eigenvalue weighted by molar-refractivity contribution is -0.401. The first-order valence-electron chi connectivity index (χ1n) is 3.64. The topological polar surface area (TPSA) is 65.3 Å². The predicted octanol–water partition coefficient (Wildman–Crippen LogP) is 1.48. The summed E-state index contributed by atoms with van der Waals surface area (Å²) < 4.78 is 17.8. The van der Waals surface area contributed by atoms with Crippen LogP contribution in [-0.2, 0) is 0 Å². The molecule has 0 bridgehead atoms. The van der Waals surface area contributed by atoms with Crippen molar-refractivity contribution in [3.05, 3.63) is 40.1 Å². The highest BCUT2D eigenvalue weighted by Gasteiger charge is 2.03. The molecule has 6 heteroatoms. The standard InChI is InChI=1S/C8H7FN2O3/c1-14-6-4-7(9)8(10-5-6)2-3-11(12)13/h2-5H,1H3/b3-2+. The Hall–Kier alpha value is -1.98. The molecule has 1 aromatic rings. The SMILES string of the molecule is COc1cnc(/C=C/[N+](=O)[O-])c(F)c1. The summed E-state index contributed by atoms with van der Waals surface area (Å²) in [5.74, 6) is -0.400. The molecular weight excluding hydrogens is 191 g/mol. The Balaban J connectivity index is 2.94. The molecule has 1 aromatic heterocycles. The number of nitro groups is 1. The average molecular weight is 198 g/mol. The molecule has 0 spiro atoms. The van der Waals surface area contributed by atoms with E-state index in [1.54, 1.807) is 0 Å². The molecule has 0 unspecified atom stereocenters. The highest BCUT2D eigenvalue weighted by atomic mass is 19.1. The van der Waals surface area contributed by atoms with E-state index in [2.05, 4.69) is 4.98 Å². The first-order valence-corrected chi connectivity index (χ1v) is 3.64. The largest absolute Gasteiger partial charge is 0.495 e. The van der Waals surface area contributed by atoms with E-state index in [0.717, 1.165) is 12.1 Å². The Morgan fingerprint density at radius 3 is 2.93 bits per heavy atom. The van der Waals surface area contributed by atoms with Crippen molar-refractivity contribution in [3.63, 3.8) is 0 Å². The molecule has 0 aliphatic carbocycles. The number of nitrogens with zero attached hydrogens (tertiary/aromatic N) is 2. The van der Waals surface area contributed by atoms with Gasteiger partial charge in [-0.25, -0.2) is 9.37 Å². The van der Waals surface area contributed by atoms with Crippen molar-refractivity contribution in [1.29, 1.82) is 0 Å². The zero-order valence-electron chi connectivity index (χ0n) is 7.31. The molecule has 0 N–H and O–H groups in total. The lowest BCUT2D eigenvalue weighted by atomic mass is 10.3. The van der Waals surface area contributed by atoms with Crippen LogP contribution in [0.25, 0.3) is 6.08 Å². The van der Waals surface area contributed by atoms with Gasteiger partial charge in [-0.1, -0.05) is 0 Å². The number of pyridine rings is 1. The Morgan fingerprint density at radius 1 is 1.71 bits per heavy atom. The van der Waals surface area contributed by atoms with Crippen molar-refractivity contribution in [2.45, 2.75) is 0 Å². The number of rotatable bonds is 3. The van der Waals surface area contributed by atoms with E-state index < -0.39 is 10.7 Å². The molecule has 0 atom stereocenters. The van der Waals surface area contributed by atoms with E-state index in [1.807, 2.05) is 0 Å². The Labute approximate surface area is 79.0 Å². The van der Waals surface area contributed by atoms with Crippen molar-refractivity contribution >= 4 is 6.08 Å². The fourth-order valence-corrected chi connectivity index (χ4v) is 0.797. The summed E-state index contributed by atoms with van der Waals surface area (Å²) in [6.45, 7) is 0. The van der Waals surface area contributed by atoms with Crippen LogP contribution in [0.1, 0.15) is 5.69 Å². The maximum atomic E-state index is 13.1. The first kappa shape index (κ1) is 10.1. The highest BCUT2D eigenvalue weighted by Crippen LogP contribution is 2.13. The van der Waals surface area contributed by atoms with Crippen LogP contribution in [-0.4, -0.2) is 17.0 Å². The van der Waals surface area contributed by atoms with Gasteiger partial charge < -0.3 is 4.74 Å². The summed E-state index contributed by atoms with van der Waals surface area (Å²) in [5.41, 5.74) is -0.0949. The monoisotopic (exact) mass is 198 g/mol. The third kappa shape index (κ3) is 2.51. The summed E-state index contributed by atoms with van der Waals surface area (Å²) >= 11 is 0. The number of aromatic nitrogens is 1. The van der Waals surface area contributed by atoms with Crippen LogP contribution in [0.15, 0.2) is 18.5 Å². The van der Waals surface area contributed by atoms with Crippen LogP contribution in [0.2, 0.25) is 0 Å². The van der Waals surface area contributed by atoms with Crippen LogP contribution >= 0.6 is 0 Å². The molecule has 14 heavy (non-hydrogen) atoms. The highest BCUT2D eigenvalue weighted by molar-refractivity contribution is 5.44. The maximum Gasteiger partial charge on any atom is 0.236 e. The molecule has 0 fully saturated rings. The first-order chi connectivity index (χ1) is 6.63. The van der Waals surface area contributed by atoms with Gasteiger partial charge in [-0.15, -0.1) is 0 Å². The predicted molar refractivity (Wildman–Crippen MR) is 46.8 cm³/mol.